The average Bonchev–Trinajstić information content (AvgIpc) is 2.81. The van der Waals surface area contributed by atoms with Gasteiger partial charge < -0.3 is 10.1 Å². The molecule has 1 fully saturated rings. The molecule has 17 heavy (non-hydrogen) atoms. The number of carbonyl (C=O) groups excluding carboxylic acids is 1. The minimum Gasteiger partial charge on any atom is -0.368 e. The SMILES string of the molecule is CCc1cc(F)cc(NC(=O)C2CCCO2)c1. The Kier molecular flexibility index (Phi) is 3.74. The molecule has 1 N–H and O–H groups in total. The fraction of sp³-hybridized carbons (Fsp3) is 0.462. The maximum atomic E-state index is 13.3. The Labute approximate surface area is 100.0 Å². The van der Waals surface area contributed by atoms with Crippen molar-refractivity contribution in [1.29, 1.82) is 0 Å². The highest BCUT2D eigenvalue weighted by atomic mass is 19.1. The lowest BCUT2D eigenvalue weighted by atomic mass is 10.1. The van der Waals surface area contributed by atoms with Crippen LogP contribution in [-0.4, -0.2) is 18.6 Å². The molecule has 4 heteroatoms. The first-order valence-corrected chi connectivity index (χ1v) is 5.91. The third-order valence-electron chi connectivity index (χ3n) is 2.86. The molecule has 3 nitrogen and oxygen atoms in total. The van der Waals surface area contributed by atoms with Gasteiger partial charge in [0, 0.05) is 12.3 Å². The summed E-state index contributed by atoms with van der Waals surface area (Å²) in [5.74, 6) is -0.512. The molecular weight excluding hydrogens is 221 g/mol. The Morgan fingerprint density at radius 3 is 3.00 bits per heavy atom. The van der Waals surface area contributed by atoms with Crippen molar-refractivity contribution in [3.63, 3.8) is 0 Å². The van der Waals surface area contributed by atoms with Gasteiger partial charge in [-0.1, -0.05) is 6.92 Å². The second-order valence-corrected chi connectivity index (χ2v) is 4.19. The summed E-state index contributed by atoms with van der Waals surface area (Å²) < 4.78 is 18.5. The van der Waals surface area contributed by atoms with Gasteiger partial charge in [0.1, 0.15) is 11.9 Å². The van der Waals surface area contributed by atoms with Crippen LogP contribution in [0.3, 0.4) is 0 Å². The molecular formula is C13H16FNO2. The smallest absolute Gasteiger partial charge is 0.253 e. The molecule has 0 bridgehead atoms. The second-order valence-electron chi connectivity index (χ2n) is 4.19. The summed E-state index contributed by atoms with van der Waals surface area (Å²) in [6, 6.07) is 4.59. The van der Waals surface area contributed by atoms with E-state index < -0.39 is 0 Å². The number of nitrogens with one attached hydrogen (secondary N) is 1. The van der Waals surface area contributed by atoms with Crippen LogP contribution < -0.4 is 5.32 Å². The molecule has 1 aromatic carbocycles. The van der Waals surface area contributed by atoms with Crippen LogP contribution in [0, 0.1) is 5.82 Å². The monoisotopic (exact) mass is 237 g/mol. The van der Waals surface area contributed by atoms with E-state index in [-0.39, 0.29) is 17.8 Å². The number of ether oxygens (including phenoxy) is 1. The van der Waals surface area contributed by atoms with E-state index in [0.717, 1.165) is 24.8 Å². The van der Waals surface area contributed by atoms with E-state index >= 15 is 0 Å². The fourth-order valence-corrected chi connectivity index (χ4v) is 1.93. The Morgan fingerprint density at radius 2 is 2.35 bits per heavy atom. The van der Waals surface area contributed by atoms with Crippen molar-refractivity contribution in [2.24, 2.45) is 0 Å². The Balaban J connectivity index is 2.06. The molecule has 1 heterocycles. The maximum absolute atomic E-state index is 13.3. The summed E-state index contributed by atoms with van der Waals surface area (Å²) in [7, 11) is 0. The zero-order chi connectivity index (χ0) is 12.3. The van der Waals surface area contributed by atoms with Gasteiger partial charge in [0.2, 0.25) is 0 Å². The number of carbonyl (C=O) groups is 1. The number of hydrogen-bond acceptors (Lipinski definition) is 2. The van der Waals surface area contributed by atoms with Crippen molar-refractivity contribution in [3.05, 3.63) is 29.6 Å². The molecule has 0 spiro atoms. The summed E-state index contributed by atoms with van der Waals surface area (Å²) in [5, 5.41) is 2.70. The molecule has 0 aromatic heterocycles. The molecule has 1 saturated heterocycles. The van der Waals surface area contributed by atoms with E-state index in [1.54, 1.807) is 6.07 Å². The van der Waals surface area contributed by atoms with Gasteiger partial charge in [0.15, 0.2) is 0 Å². The van der Waals surface area contributed by atoms with Crippen LogP contribution in [0.2, 0.25) is 0 Å². The number of anilines is 1. The Hall–Kier alpha value is -1.42. The summed E-state index contributed by atoms with van der Waals surface area (Å²) in [6.07, 6.45) is 1.99. The first-order chi connectivity index (χ1) is 8.19. The number of halogens is 1. The molecule has 92 valence electrons. The molecule has 0 saturated carbocycles. The predicted octanol–water partition coefficient (Wildman–Crippen LogP) is 2.51. The van der Waals surface area contributed by atoms with Crippen LogP contribution in [-0.2, 0) is 16.0 Å². The molecule has 1 aliphatic rings. The van der Waals surface area contributed by atoms with Crippen LogP contribution in [0.4, 0.5) is 10.1 Å². The van der Waals surface area contributed by atoms with Crippen LogP contribution in [0.5, 0.6) is 0 Å². The van der Waals surface area contributed by atoms with E-state index in [2.05, 4.69) is 5.32 Å². The number of hydrogen-bond donors (Lipinski definition) is 1. The highest BCUT2D eigenvalue weighted by molar-refractivity contribution is 5.94. The molecule has 1 unspecified atom stereocenters. The van der Waals surface area contributed by atoms with E-state index in [9.17, 15) is 9.18 Å². The molecule has 0 aliphatic carbocycles. The van der Waals surface area contributed by atoms with E-state index in [4.69, 9.17) is 4.74 Å². The van der Waals surface area contributed by atoms with E-state index in [1.807, 2.05) is 6.92 Å². The van der Waals surface area contributed by atoms with Crippen LogP contribution >= 0.6 is 0 Å². The molecule has 2 rings (SSSR count). The highest BCUT2D eigenvalue weighted by Crippen LogP contribution is 2.18. The second kappa shape index (κ2) is 5.27. The fourth-order valence-electron chi connectivity index (χ4n) is 1.93. The minimum atomic E-state index is -0.386. The third kappa shape index (κ3) is 3.03. The van der Waals surface area contributed by atoms with Crippen molar-refractivity contribution < 1.29 is 13.9 Å². The maximum Gasteiger partial charge on any atom is 0.253 e. The average molecular weight is 237 g/mol. The van der Waals surface area contributed by atoms with Crippen LogP contribution in [0.25, 0.3) is 0 Å². The summed E-state index contributed by atoms with van der Waals surface area (Å²) in [4.78, 5) is 11.8. The molecule has 1 aliphatic heterocycles. The van der Waals surface area contributed by atoms with Gasteiger partial charge in [-0.15, -0.1) is 0 Å². The lowest BCUT2D eigenvalue weighted by Crippen LogP contribution is -2.26. The zero-order valence-electron chi connectivity index (χ0n) is 9.83. The van der Waals surface area contributed by atoms with E-state index in [1.165, 1.54) is 12.1 Å². The van der Waals surface area contributed by atoms with Gasteiger partial charge in [-0.2, -0.15) is 0 Å². The van der Waals surface area contributed by atoms with Crippen molar-refractivity contribution in [3.8, 4) is 0 Å². The number of rotatable bonds is 3. The zero-order valence-corrected chi connectivity index (χ0v) is 9.83. The molecule has 1 aromatic rings. The van der Waals surface area contributed by atoms with Crippen molar-refractivity contribution in [2.75, 3.05) is 11.9 Å². The topological polar surface area (TPSA) is 38.3 Å². The molecule has 0 radical (unpaired) electrons. The van der Waals surface area contributed by atoms with E-state index in [0.29, 0.717) is 12.3 Å². The standard InChI is InChI=1S/C13H16FNO2/c1-2-9-6-10(14)8-11(7-9)15-13(16)12-4-3-5-17-12/h6-8,12H,2-5H2,1H3,(H,15,16). The van der Waals surface area contributed by atoms with Gasteiger partial charge in [-0.3, -0.25) is 4.79 Å². The van der Waals surface area contributed by atoms with Crippen molar-refractivity contribution in [2.45, 2.75) is 32.3 Å². The number of benzene rings is 1. The van der Waals surface area contributed by atoms with Crippen molar-refractivity contribution >= 4 is 11.6 Å². The summed E-state index contributed by atoms with van der Waals surface area (Å²) >= 11 is 0. The summed E-state index contributed by atoms with van der Waals surface area (Å²) in [6.45, 7) is 2.57. The minimum absolute atomic E-state index is 0.185. The Bertz CT molecular complexity index is 414. The number of aryl methyl sites for hydroxylation is 1. The van der Waals surface area contributed by atoms with Gasteiger partial charge in [0.05, 0.1) is 0 Å². The predicted molar refractivity (Wildman–Crippen MR) is 63.4 cm³/mol. The quantitative estimate of drug-likeness (QED) is 0.877. The summed E-state index contributed by atoms with van der Waals surface area (Å²) in [5.41, 5.74) is 1.37. The normalized spacial score (nSPS) is 19.3. The Morgan fingerprint density at radius 1 is 1.53 bits per heavy atom. The third-order valence-corrected chi connectivity index (χ3v) is 2.86. The van der Waals surface area contributed by atoms with Crippen LogP contribution in [0.1, 0.15) is 25.3 Å². The molecule has 1 amide bonds. The van der Waals surface area contributed by atoms with Gasteiger partial charge in [-0.05, 0) is 43.0 Å². The van der Waals surface area contributed by atoms with Gasteiger partial charge in [-0.25, -0.2) is 4.39 Å². The lowest BCUT2D eigenvalue weighted by Gasteiger charge is -2.11. The first-order valence-electron chi connectivity index (χ1n) is 5.91. The highest BCUT2D eigenvalue weighted by Gasteiger charge is 2.23. The lowest BCUT2D eigenvalue weighted by molar-refractivity contribution is -0.124. The number of amides is 1. The van der Waals surface area contributed by atoms with Gasteiger partial charge in [0.25, 0.3) is 5.91 Å². The largest absolute Gasteiger partial charge is 0.368 e. The van der Waals surface area contributed by atoms with Crippen LogP contribution in [0.15, 0.2) is 18.2 Å². The van der Waals surface area contributed by atoms with Gasteiger partial charge >= 0.3 is 0 Å². The van der Waals surface area contributed by atoms with Crippen molar-refractivity contribution in [1.82, 2.24) is 0 Å². The first kappa shape index (κ1) is 12.0. The molecule has 1 atom stereocenters.